The molecule has 1 aliphatic heterocycles. The Kier molecular flexibility index (Phi) is 4.75. The molecule has 1 saturated heterocycles. The van der Waals surface area contributed by atoms with Crippen molar-refractivity contribution < 1.29 is 24.9 Å². The van der Waals surface area contributed by atoms with Crippen molar-refractivity contribution in [3.63, 3.8) is 0 Å². The Morgan fingerprint density at radius 3 is 2.50 bits per heavy atom. The third-order valence-electron chi connectivity index (χ3n) is 4.09. The van der Waals surface area contributed by atoms with Gasteiger partial charge in [0.25, 0.3) is 0 Å². The molecule has 0 bridgehead atoms. The summed E-state index contributed by atoms with van der Waals surface area (Å²) in [6, 6.07) is 0. The molecule has 0 spiro atoms. The first-order valence-corrected chi connectivity index (χ1v) is 6.50. The molecule has 1 heterocycles. The quantitative estimate of drug-likeness (QED) is 0.702. The number of carboxylic acid groups (broad SMARTS) is 1. The lowest BCUT2D eigenvalue weighted by molar-refractivity contribution is -0.220. The molecule has 0 aromatic heterocycles. The van der Waals surface area contributed by atoms with Crippen molar-refractivity contribution in [2.45, 2.75) is 64.4 Å². The monoisotopic (exact) mass is 260 g/mol. The highest BCUT2D eigenvalue weighted by Crippen LogP contribution is 2.38. The maximum absolute atomic E-state index is 11.3. The maximum Gasteiger partial charge on any atom is 0.335 e. The van der Waals surface area contributed by atoms with Gasteiger partial charge in [-0.1, -0.05) is 13.8 Å². The zero-order valence-corrected chi connectivity index (χ0v) is 11.5. The van der Waals surface area contributed by atoms with E-state index in [-0.39, 0.29) is 18.3 Å². The van der Waals surface area contributed by atoms with E-state index in [9.17, 15) is 20.1 Å². The summed E-state index contributed by atoms with van der Waals surface area (Å²) >= 11 is 0. The van der Waals surface area contributed by atoms with Crippen LogP contribution in [0.1, 0.15) is 40.5 Å². The second-order valence-electron chi connectivity index (χ2n) is 5.56. The van der Waals surface area contributed by atoms with Gasteiger partial charge in [-0.2, -0.15) is 0 Å². The summed E-state index contributed by atoms with van der Waals surface area (Å²) in [5.74, 6) is -1.43. The molecule has 0 aromatic rings. The molecule has 6 unspecified atom stereocenters. The Labute approximate surface area is 108 Å². The van der Waals surface area contributed by atoms with E-state index in [1.807, 2.05) is 13.8 Å². The van der Waals surface area contributed by atoms with Gasteiger partial charge in [0, 0.05) is 18.3 Å². The van der Waals surface area contributed by atoms with Gasteiger partial charge in [-0.15, -0.1) is 0 Å². The highest BCUT2D eigenvalue weighted by molar-refractivity contribution is 5.77. The van der Waals surface area contributed by atoms with Gasteiger partial charge in [0.05, 0.1) is 18.3 Å². The van der Waals surface area contributed by atoms with Crippen LogP contribution in [-0.4, -0.2) is 45.2 Å². The van der Waals surface area contributed by atoms with E-state index in [2.05, 4.69) is 0 Å². The van der Waals surface area contributed by atoms with Gasteiger partial charge in [0.15, 0.2) is 5.60 Å². The third kappa shape index (κ3) is 2.84. The normalized spacial score (nSPS) is 40.2. The van der Waals surface area contributed by atoms with E-state index in [0.29, 0.717) is 6.42 Å². The van der Waals surface area contributed by atoms with E-state index >= 15 is 0 Å². The number of rotatable bonds is 4. The van der Waals surface area contributed by atoms with Crippen LogP contribution in [0, 0.1) is 11.8 Å². The molecular weight excluding hydrogens is 236 g/mol. The van der Waals surface area contributed by atoms with Crippen molar-refractivity contribution in [2.24, 2.45) is 11.8 Å². The number of carboxylic acids is 1. The van der Waals surface area contributed by atoms with E-state index in [4.69, 9.17) is 4.74 Å². The summed E-state index contributed by atoms with van der Waals surface area (Å²) in [5.41, 5.74) is -1.38. The largest absolute Gasteiger partial charge is 0.479 e. The van der Waals surface area contributed by atoms with Crippen LogP contribution in [0.15, 0.2) is 0 Å². The van der Waals surface area contributed by atoms with Crippen LogP contribution >= 0.6 is 0 Å². The Balaban J connectivity index is 2.98. The fraction of sp³-hybridized carbons (Fsp3) is 0.923. The van der Waals surface area contributed by atoms with Crippen LogP contribution in [0.4, 0.5) is 0 Å². The number of hydrogen-bond donors (Lipinski definition) is 3. The number of hydrogen-bond acceptors (Lipinski definition) is 4. The number of aliphatic hydroxyl groups excluding tert-OH is 2. The molecule has 1 aliphatic rings. The smallest absolute Gasteiger partial charge is 0.335 e. The van der Waals surface area contributed by atoms with Crippen LogP contribution in [0.3, 0.4) is 0 Å². The van der Waals surface area contributed by atoms with Crippen molar-refractivity contribution in [3.05, 3.63) is 0 Å². The van der Waals surface area contributed by atoms with Crippen molar-refractivity contribution in [3.8, 4) is 0 Å². The molecule has 0 amide bonds. The summed E-state index contributed by atoms with van der Waals surface area (Å²) in [6.07, 6.45) is -1.01. The lowest BCUT2D eigenvalue weighted by Crippen LogP contribution is -2.56. The molecule has 0 saturated carbocycles. The van der Waals surface area contributed by atoms with Crippen LogP contribution in [0.2, 0.25) is 0 Å². The molecule has 0 aliphatic carbocycles. The van der Waals surface area contributed by atoms with Crippen molar-refractivity contribution in [1.29, 1.82) is 0 Å². The number of ether oxygens (including phenoxy) is 1. The van der Waals surface area contributed by atoms with Gasteiger partial charge < -0.3 is 20.1 Å². The lowest BCUT2D eigenvalue weighted by atomic mass is 9.77. The van der Waals surface area contributed by atoms with Crippen LogP contribution in [-0.2, 0) is 9.53 Å². The highest BCUT2D eigenvalue weighted by atomic mass is 16.5. The van der Waals surface area contributed by atoms with Gasteiger partial charge in [-0.3, -0.25) is 0 Å². The number of carbonyl (C=O) groups is 1. The third-order valence-corrected chi connectivity index (χ3v) is 4.09. The summed E-state index contributed by atoms with van der Waals surface area (Å²) in [7, 11) is 0. The Bertz CT molecular complexity index is 304. The maximum atomic E-state index is 11.3. The highest BCUT2D eigenvalue weighted by Gasteiger charge is 2.49. The van der Waals surface area contributed by atoms with Crippen LogP contribution in [0.25, 0.3) is 0 Å². The van der Waals surface area contributed by atoms with Gasteiger partial charge >= 0.3 is 5.97 Å². The summed E-state index contributed by atoms with van der Waals surface area (Å²) in [6.45, 7) is 6.91. The van der Waals surface area contributed by atoms with E-state index in [1.165, 1.54) is 6.92 Å². The molecule has 5 heteroatoms. The molecule has 106 valence electrons. The molecule has 5 nitrogen and oxygen atoms in total. The van der Waals surface area contributed by atoms with E-state index in [1.54, 1.807) is 6.92 Å². The first-order chi connectivity index (χ1) is 8.23. The van der Waals surface area contributed by atoms with Crippen LogP contribution < -0.4 is 0 Å². The molecular formula is C13H24O5. The Hall–Kier alpha value is -0.650. The molecule has 0 aromatic carbocycles. The van der Waals surface area contributed by atoms with Gasteiger partial charge in [0.1, 0.15) is 0 Å². The zero-order chi connectivity index (χ0) is 14.1. The molecule has 1 rings (SSSR count). The van der Waals surface area contributed by atoms with Crippen molar-refractivity contribution in [1.82, 2.24) is 0 Å². The first kappa shape index (κ1) is 15.4. The molecule has 3 N–H and O–H groups in total. The predicted octanol–water partition coefficient (Wildman–Crippen LogP) is 1.02. The molecule has 0 radical (unpaired) electrons. The second kappa shape index (κ2) is 5.55. The van der Waals surface area contributed by atoms with Crippen molar-refractivity contribution >= 4 is 5.97 Å². The van der Waals surface area contributed by atoms with Crippen LogP contribution in [0.5, 0.6) is 0 Å². The summed E-state index contributed by atoms with van der Waals surface area (Å²) in [4.78, 5) is 11.3. The topological polar surface area (TPSA) is 87.0 Å². The zero-order valence-electron chi connectivity index (χ0n) is 11.5. The minimum absolute atomic E-state index is 0.0796. The molecule has 18 heavy (non-hydrogen) atoms. The lowest BCUT2D eigenvalue weighted by Gasteiger charge is -2.45. The number of aliphatic carboxylic acids is 1. The first-order valence-electron chi connectivity index (χ1n) is 6.50. The second-order valence-corrected chi connectivity index (χ2v) is 5.56. The summed E-state index contributed by atoms with van der Waals surface area (Å²) in [5, 5.41) is 29.0. The fourth-order valence-corrected chi connectivity index (χ4v) is 2.72. The molecule has 6 atom stereocenters. The van der Waals surface area contributed by atoms with E-state index in [0.717, 1.165) is 0 Å². The summed E-state index contributed by atoms with van der Waals surface area (Å²) < 4.78 is 5.71. The predicted molar refractivity (Wildman–Crippen MR) is 66.2 cm³/mol. The molecule has 1 fully saturated rings. The minimum atomic E-state index is -1.38. The fourth-order valence-electron chi connectivity index (χ4n) is 2.72. The average molecular weight is 260 g/mol. The van der Waals surface area contributed by atoms with Gasteiger partial charge in [-0.25, -0.2) is 4.79 Å². The van der Waals surface area contributed by atoms with Crippen molar-refractivity contribution in [2.75, 3.05) is 0 Å². The van der Waals surface area contributed by atoms with Gasteiger partial charge in [0.2, 0.25) is 0 Å². The Morgan fingerprint density at radius 2 is 2.11 bits per heavy atom. The Morgan fingerprint density at radius 1 is 1.56 bits per heavy atom. The average Bonchev–Trinajstić information content (AvgIpc) is 2.25. The SMILES string of the molecule is CCC(C(C)O)C1OC(C)(C(=O)O)CC(O)C1C. The standard InChI is InChI=1S/C13H24O5/c1-5-9(8(3)14)11-7(2)10(15)6-13(4,18-11)12(16)17/h7-11,14-15H,5-6H2,1-4H3,(H,16,17). The number of aliphatic hydroxyl groups is 2. The van der Waals surface area contributed by atoms with E-state index < -0.39 is 29.9 Å². The minimum Gasteiger partial charge on any atom is -0.479 e. The van der Waals surface area contributed by atoms with Gasteiger partial charge in [-0.05, 0) is 20.3 Å².